The van der Waals surface area contributed by atoms with Crippen molar-refractivity contribution in [1.82, 2.24) is 9.88 Å². The van der Waals surface area contributed by atoms with Crippen LogP contribution in [0.15, 0.2) is 54.7 Å². The average Bonchev–Trinajstić information content (AvgIpc) is 2.57. The lowest BCUT2D eigenvalue weighted by atomic mass is 10.1. The van der Waals surface area contributed by atoms with Crippen molar-refractivity contribution in [3.63, 3.8) is 0 Å². The molecule has 0 spiro atoms. The molecule has 23 heavy (non-hydrogen) atoms. The molecule has 2 aromatic carbocycles. The van der Waals surface area contributed by atoms with Crippen LogP contribution in [0.5, 0.6) is 0 Å². The minimum Gasteiger partial charge on any atom is -0.337 e. The molecule has 0 radical (unpaired) electrons. The van der Waals surface area contributed by atoms with E-state index in [0.29, 0.717) is 17.7 Å². The molecule has 116 valence electrons. The number of rotatable bonds is 3. The van der Waals surface area contributed by atoms with Crippen LogP contribution in [-0.2, 0) is 6.54 Å². The fourth-order valence-electron chi connectivity index (χ4n) is 2.51. The van der Waals surface area contributed by atoms with Gasteiger partial charge in [-0.05, 0) is 48.4 Å². The Kier molecular flexibility index (Phi) is 4.06. The monoisotopic (exact) mass is 308 g/mol. The standard InChI is InChI=1S/C19H17FN2O/c1-13-5-6-14(10-17(13)20)12-22(2)19(23)16-7-8-18-15(11-16)4-3-9-21-18/h3-11H,12H2,1-2H3. The van der Waals surface area contributed by atoms with Gasteiger partial charge in [-0.1, -0.05) is 18.2 Å². The lowest BCUT2D eigenvalue weighted by Crippen LogP contribution is -2.26. The number of halogens is 1. The van der Waals surface area contributed by atoms with Crippen LogP contribution in [0.1, 0.15) is 21.5 Å². The minimum atomic E-state index is -0.250. The molecule has 1 amide bonds. The third-order valence-electron chi connectivity index (χ3n) is 3.85. The quantitative estimate of drug-likeness (QED) is 0.734. The van der Waals surface area contributed by atoms with Gasteiger partial charge in [0.25, 0.3) is 5.91 Å². The maximum Gasteiger partial charge on any atom is 0.253 e. The summed E-state index contributed by atoms with van der Waals surface area (Å²) in [7, 11) is 1.72. The first kappa shape index (κ1) is 15.2. The highest BCUT2D eigenvalue weighted by Crippen LogP contribution is 2.16. The summed E-state index contributed by atoms with van der Waals surface area (Å²) < 4.78 is 13.6. The van der Waals surface area contributed by atoms with E-state index in [9.17, 15) is 9.18 Å². The summed E-state index contributed by atoms with van der Waals surface area (Å²) in [5.74, 6) is -0.350. The number of amides is 1. The molecule has 0 saturated carbocycles. The van der Waals surface area contributed by atoms with E-state index in [1.807, 2.05) is 30.3 Å². The second-order valence-corrected chi connectivity index (χ2v) is 5.66. The summed E-state index contributed by atoms with van der Waals surface area (Å²) in [6.07, 6.45) is 1.72. The Morgan fingerprint density at radius 3 is 2.78 bits per heavy atom. The van der Waals surface area contributed by atoms with Crippen molar-refractivity contribution in [3.8, 4) is 0 Å². The van der Waals surface area contributed by atoms with Crippen molar-refractivity contribution in [3.05, 3.63) is 77.2 Å². The van der Waals surface area contributed by atoms with E-state index >= 15 is 0 Å². The average molecular weight is 308 g/mol. The Labute approximate surface area is 134 Å². The number of aryl methyl sites for hydroxylation is 1. The molecule has 0 aliphatic rings. The second-order valence-electron chi connectivity index (χ2n) is 5.66. The molecule has 0 N–H and O–H groups in total. The molecule has 0 aliphatic heterocycles. The number of benzene rings is 2. The van der Waals surface area contributed by atoms with Gasteiger partial charge < -0.3 is 4.90 Å². The van der Waals surface area contributed by atoms with Gasteiger partial charge in [0, 0.05) is 30.7 Å². The number of pyridine rings is 1. The predicted molar refractivity (Wildman–Crippen MR) is 88.7 cm³/mol. The summed E-state index contributed by atoms with van der Waals surface area (Å²) in [6, 6.07) is 14.2. The predicted octanol–water partition coefficient (Wildman–Crippen LogP) is 3.95. The van der Waals surface area contributed by atoms with Crippen LogP contribution in [0.4, 0.5) is 4.39 Å². The molecule has 0 atom stereocenters. The van der Waals surface area contributed by atoms with Crippen molar-refractivity contribution in [1.29, 1.82) is 0 Å². The number of hydrogen-bond donors (Lipinski definition) is 0. The number of carbonyl (C=O) groups excluding carboxylic acids is 1. The number of hydrogen-bond acceptors (Lipinski definition) is 2. The third-order valence-corrected chi connectivity index (χ3v) is 3.85. The third kappa shape index (κ3) is 3.21. The summed E-state index contributed by atoms with van der Waals surface area (Å²) in [4.78, 5) is 18.4. The number of fused-ring (bicyclic) bond motifs is 1. The normalized spacial score (nSPS) is 10.7. The van der Waals surface area contributed by atoms with Gasteiger partial charge in [-0.3, -0.25) is 9.78 Å². The Hall–Kier alpha value is -2.75. The Bertz CT molecular complexity index is 876. The maximum atomic E-state index is 13.6. The zero-order chi connectivity index (χ0) is 16.4. The first-order valence-electron chi connectivity index (χ1n) is 7.40. The van der Waals surface area contributed by atoms with Crippen molar-refractivity contribution >= 4 is 16.8 Å². The Morgan fingerprint density at radius 1 is 1.17 bits per heavy atom. The van der Waals surface area contributed by atoms with Gasteiger partial charge in [-0.25, -0.2) is 4.39 Å². The highest BCUT2D eigenvalue weighted by Gasteiger charge is 2.13. The highest BCUT2D eigenvalue weighted by atomic mass is 19.1. The highest BCUT2D eigenvalue weighted by molar-refractivity contribution is 5.97. The van der Waals surface area contributed by atoms with Gasteiger partial charge in [0.1, 0.15) is 5.82 Å². The van der Waals surface area contributed by atoms with E-state index in [2.05, 4.69) is 4.98 Å². The van der Waals surface area contributed by atoms with Crippen molar-refractivity contribution < 1.29 is 9.18 Å². The molecular weight excluding hydrogens is 291 g/mol. The molecular formula is C19H17FN2O. The topological polar surface area (TPSA) is 33.2 Å². The summed E-state index contributed by atoms with van der Waals surface area (Å²) >= 11 is 0. The first-order valence-corrected chi connectivity index (χ1v) is 7.40. The molecule has 0 fully saturated rings. The van der Waals surface area contributed by atoms with Crippen LogP contribution in [-0.4, -0.2) is 22.8 Å². The minimum absolute atomic E-state index is 0.100. The first-order chi connectivity index (χ1) is 11.0. The fraction of sp³-hybridized carbons (Fsp3) is 0.158. The molecule has 1 aromatic heterocycles. The van der Waals surface area contributed by atoms with Gasteiger partial charge in [-0.2, -0.15) is 0 Å². The van der Waals surface area contributed by atoms with Gasteiger partial charge >= 0.3 is 0 Å². The summed E-state index contributed by atoms with van der Waals surface area (Å²) in [6.45, 7) is 2.08. The van der Waals surface area contributed by atoms with Crippen molar-refractivity contribution in [2.45, 2.75) is 13.5 Å². The van der Waals surface area contributed by atoms with Gasteiger partial charge in [0.2, 0.25) is 0 Å². The van der Waals surface area contributed by atoms with Crippen LogP contribution < -0.4 is 0 Å². The van der Waals surface area contributed by atoms with Gasteiger partial charge in [0.05, 0.1) is 5.52 Å². The molecule has 0 unspecified atom stereocenters. The largest absolute Gasteiger partial charge is 0.337 e. The van der Waals surface area contributed by atoms with E-state index in [-0.39, 0.29) is 11.7 Å². The van der Waals surface area contributed by atoms with Crippen LogP contribution in [0.2, 0.25) is 0 Å². The molecule has 0 saturated heterocycles. The molecule has 0 bridgehead atoms. The smallest absolute Gasteiger partial charge is 0.253 e. The molecule has 0 aliphatic carbocycles. The SMILES string of the molecule is Cc1ccc(CN(C)C(=O)c2ccc3ncccc3c2)cc1F. The summed E-state index contributed by atoms with van der Waals surface area (Å²) in [5.41, 5.74) is 2.82. The maximum absolute atomic E-state index is 13.6. The van der Waals surface area contributed by atoms with Crippen molar-refractivity contribution in [2.75, 3.05) is 7.05 Å². The Morgan fingerprint density at radius 2 is 2.00 bits per heavy atom. The van der Waals surface area contributed by atoms with E-state index in [4.69, 9.17) is 0 Å². The number of carbonyl (C=O) groups is 1. The van der Waals surface area contributed by atoms with Gasteiger partial charge in [0.15, 0.2) is 0 Å². The van der Waals surface area contributed by atoms with Crippen LogP contribution >= 0.6 is 0 Å². The van der Waals surface area contributed by atoms with E-state index in [1.165, 1.54) is 6.07 Å². The van der Waals surface area contributed by atoms with E-state index < -0.39 is 0 Å². The Balaban J connectivity index is 1.81. The fourth-order valence-corrected chi connectivity index (χ4v) is 2.51. The molecule has 1 heterocycles. The second kappa shape index (κ2) is 6.16. The zero-order valence-corrected chi connectivity index (χ0v) is 13.1. The van der Waals surface area contributed by atoms with Crippen molar-refractivity contribution in [2.24, 2.45) is 0 Å². The lowest BCUT2D eigenvalue weighted by molar-refractivity contribution is 0.0785. The molecule has 3 aromatic rings. The zero-order valence-electron chi connectivity index (χ0n) is 13.1. The van der Waals surface area contributed by atoms with Crippen LogP contribution in [0.25, 0.3) is 10.9 Å². The number of aromatic nitrogens is 1. The molecule has 4 heteroatoms. The number of nitrogens with zero attached hydrogens (tertiary/aromatic N) is 2. The lowest BCUT2D eigenvalue weighted by Gasteiger charge is -2.18. The molecule has 3 rings (SSSR count). The molecule has 3 nitrogen and oxygen atoms in total. The van der Waals surface area contributed by atoms with Crippen LogP contribution in [0, 0.1) is 12.7 Å². The summed E-state index contributed by atoms with van der Waals surface area (Å²) in [5, 5.41) is 0.924. The van der Waals surface area contributed by atoms with E-state index in [1.54, 1.807) is 37.2 Å². The van der Waals surface area contributed by atoms with Crippen LogP contribution in [0.3, 0.4) is 0 Å². The van der Waals surface area contributed by atoms with Gasteiger partial charge in [-0.15, -0.1) is 0 Å². The van der Waals surface area contributed by atoms with E-state index in [0.717, 1.165) is 16.5 Å².